The molecule has 1 fully saturated rings. The average Bonchev–Trinajstić information content (AvgIpc) is 2.67. The lowest BCUT2D eigenvalue weighted by atomic mass is 10.2. The van der Waals surface area contributed by atoms with Crippen LogP contribution in [0.3, 0.4) is 0 Å². The number of ether oxygens (including phenoxy) is 1. The molecule has 0 aromatic heterocycles. The van der Waals surface area contributed by atoms with E-state index in [1.165, 1.54) is 0 Å². The van der Waals surface area contributed by atoms with Crippen LogP contribution in [0.5, 0.6) is 0 Å². The molecular formula is C9H15N3O2. The van der Waals surface area contributed by atoms with E-state index in [0.717, 1.165) is 12.8 Å². The minimum absolute atomic E-state index is 0.0170. The molecule has 2 atom stereocenters. The molecule has 2 aliphatic heterocycles. The van der Waals surface area contributed by atoms with Crippen LogP contribution in [0.4, 0.5) is 0 Å². The molecule has 0 aromatic rings. The smallest absolute Gasteiger partial charge is 0.131 e. The zero-order valence-corrected chi connectivity index (χ0v) is 7.97. The summed E-state index contributed by atoms with van der Waals surface area (Å²) in [6, 6.07) is 0. The summed E-state index contributed by atoms with van der Waals surface area (Å²) in [7, 11) is 0. The van der Waals surface area contributed by atoms with Gasteiger partial charge < -0.3 is 20.5 Å². The zero-order valence-electron chi connectivity index (χ0n) is 7.97. The van der Waals surface area contributed by atoms with Crippen molar-refractivity contribution in [3.05, 3.63) is 12.3 Å². The Balaban J connectivity index is 1.89. The molecule has 0 aromatic carbocycles. The van der Waals surface area contributed by atoms with Crippen LogP contribution in [0.15, 0.2) is 17.3 Å². The van der Waals surface area contributed by atoms with Crippen LogP contribution < -0.4 is 5.73 Å². The zero-order chi connectivity index (χ0) is 9.97. The second kappa shape index (κ2) is 3.98. The van der Waals surface area contributed by atoms with Gasteiger partial charge in [-0.15, -0.1) is 0 Å². The Bertz CT molecular complexity index is 265. The number of hydrogen-bond acceptors (Lipinski definition) is 5. The number of amidine groups is 1. The molecule has 1 saturated heterocycles. The highest BCUT2D eigenvalue weighted by Gasteiger charge is 2.28. The molecule has 0 amide bonds. The maximum Gasteiger partial charge on any atom is 0.131 e. The van der Waals surface area contributed by atoms with Gasteiger partial charge in [0.05, 0.1) is 12.7 Å². The molecule has 0 radical (unpaired) electrons. The van der Waals surface area contributed by atoms with E-state index in [1.807, 2.05) is 11.1 Å². The fourth-order valence-electron chi connectivity index (χ4n) is 1.69. The van der Waals surface area contributed by atoms with Crippen LogP contribution in [0.1, 0.15) is 12.8 Å². The first-order valence-electron chi connectivity index (χ1n) is 4.80. The molecule has 5 nitrogen and oxygen atoms in total. The van der Waals surface area contributed by atoms with E-state index in [-0.39, 0.29) is 18.9 Å². The standard InChI is InChI=1S/C9H15N3O2/c10-8-3-4-12(6-11-8)9-2-1-7(5-13)14-9/h3-4,7,9,13H,1-2,5-6H2,(H2,10,11)/t7?,9-/m1/s1. The van der Waals surface area contributed by atoms with Crippen molar-refractivity contribution in [1.29, 1.82) is 0 Å². The molecule has 0 saturated carbocycles. The minimum atomic E-state index is -0.0170. The Labute approximate surface area is 82.9 Å². The SMILES string of the molecule is NC1=NCN([C@H]2CCC(CO)O2)C=C1. The fourth-order valence-corrected chi connectivity index (χ4v) is 1.69. The third-order valence-electron chi connectivity index (χ3n) is 2.51. The van der Waals surface area contributed by atoms with Crippen LogP contribution >= 0.6 is 0 Å². The predicted molar refractivity (Wildman–Crippen MR) is 52.4 cm³/mol. The molecule has 0 aliphatic carbocycles. The molecule has 2 aliphatic rings. The Morgan fingerprint density at radius 3 is 3.07 bits per heavy atom. The van der Waals surface area contributed by atoms with Crippen LogP contribution in [-0.2, 0) is 4.74 Å². The second-order valence-electron chi connectivity index (χ2n) is 3.53. The summed E-state index contributed by atoms with van der Waals surface area (Å²) in [6.07, 6.45) is 5.53. The van der Waals surface area contributed by atoms with E-state index >= 15 is 0 Å². The highest BCUT2D eigenvalue weighted by molar-refractivity contribution is 5.91. The van der Waals surface area contributed by atoms with Crippen molar-refractivity contribution in [1.82, 2.24) is 4.90 Å². The van der Waals surface area contributed by atoms with Crippen molar-refractivity contribution in [2.75, 3.05) is 13.3 Å². The number of hydrogen-bond donors (Lipinski definition) is 2. The normalized spacial score (nSPS) is 32.1. The summed E-state index contributed by atoms with van der Waals surface area (Å²) in [5, 5.41) is 8.92. The van der Waals surface area contributed by atoms with Gasteiger partial charge in [-0.1, -0.05) is 0 Å². The molecule has 0 spiro atoms. The highest BCUT2D eigenvalue weighted by atomic mass is 16.5. The van der Waals surface area contributed by atoms with Crippen molar-refractivity contribution in [3.63, 3.8) is 0 Å². The van der Waals surface area contributed by atoms with E-state index in [4.69, 9.17) is 15.6 Å². The Morgan fingerprint density at radius 2 is 2.50 bits per heavy atom. The van der Waals surface area contributed by atoms with Crippen molar-refractivity contribution < 1.29 is 9.84 Å². The van der Waals surface area contributed by atoms with E-state index < -0.39 is 0 Å². The number of aliphatic hydroxyl groups excluding tert-OH is 1. The van der Waals surface area contributed by atoms with Crippen LogP contribution in [0.25, 0.3) is 0 Å². The van der Waals surface area contributed by atoms with Gasteiger partial charge in [0.15, 0.2) is 0 Å². The van der Waals surface area contributed by atoms with Gasteiger partial charge in [-0.05, 0) is 18.9 Å². The number of nitrogens with zero attached hydrogens (tertiary/aromatic N) is 2. The predicted octanol–water partition coefficient (Wildman–Crippen LogP) is -0.372. The van der Waals surface area contributed by atoms with Crippen molar-refractivity contribution in [3.8, 4) is 0 Å². The molecule has 1 unspecified atom stereocenters. The molecule has 2 heterocycles. The van der Waals surface area contributed by atoms with Gasteiger partial charge in [0.1, 0.15) is 18.7 Å². The topological polar surface area (TPSA) is 71.1 Å². The van der Waals surface area contributed by atoms with Crippen LogP contribution in [0, 0.1) is 0 Å². The van der Waals surface area contributed by atoms with Gasteiger partial charge >= 0.3 is 0 Å². The van der Waals surface area contributed by atoms with Gasteiger partial charge in [-0.3, -0.25) is 0 Å². The first-order valence-corrected chi connectivity index (χ1v) is 4.80. The lowest BCUT2D eigenvalue weighted by Gasteiger charge is -2.27. The van der Waals surface area contributed by atoms with Gasteiger partial charge in [-0.25, -0.2) is 4.99 Å². The van der Waals surface area contributed by atoms with Gasteiger partial charge in [0.2, 0.25) is 0 Å². The lowest BCUT2D eigenvalue weighted by molar-refractivity contribution is -0.0495. The molecular weight excluding hydrogens is 182 g/mol. The fraction of sp³-hybridized carbons (Fsp3) is 0.667. The number of aliphatic hydroxyl groups is 1. The number of rotatable bonds is 2. The molecule has 0 bridgehead atoms. The van der Waals surface area contributed by atoms with Crippen molar-refractivity contribution in [2.45, 2.75) is 25.2 Å². The summed E-state index contributed by atoms with van der Waals surface area (Å²) in [5.41, 5.74) is 5.50. The first-order chi connectivity index (χ1) is 6.79. The summed E-state index contributed by atoms with van der Waals surface area (Å²) in [5.74, 6) is 0.554. The Hall–Kier alpha value is -1.07. The quantitative estimate of drug-likeness (QED) is 0.633. The summed E-state index contributed by atoms with van der Waals surface area (Å²) in [4.78, 5) is 6.09. The van der Waals surface area contributed by atoms with Gasteiger partial charge in [0, 0.05) is 6.20 Å². The second-order valence-corrected chi connectivity index (χ2v) is 3.53. The monoisotopic (exact) mass is 197 g/mol. The molecule has 78 valence electrons. The van der Waals surface area contributed by atoms with Gasteiger partial charge in [-0.2, -0.15) is 0 Å². The lowest BCUT2D eigenvalue weighted by Crippen LogP contribution is -2.34. The number of nitrogens with two attached hydrogens (primary N) is 1. The average molecular weight is 197 g/mol. The first kappa shape index (κ1) is 9.48. The largest absolute Gasteiger partial charge is 0.394 e. The molecule has 5 heteroatoms. The summed E-state index contributed by atoms with van der Waals surface area (Å²) >= 11 is 0. The maximum atomic E-state index is 8.92. The number of aliphatic imine (C=N–C) groups is 1. The van der Waals surface area contributed by atoms with Crippen LogP contribution in [0.2, 0.25) is 0 Å². The van der Waals surface area contributed by atoms with Gasteiger partial charge in [0.25, 0.3) is 0 Å². The summed E-state index contributed by atoms with van der Waals surface area (Å²) < 4.78 is 5.60. The molecule has 2 rings (SSSR count). The van der Waals surface area contributed by atoms with E-state index in [2.05, 4.69) is 4.99 Å². The molecule has 14 heavy (non-hydrogen) atoms. The Kier molecular flexibility index (Phi) is 2.69. The summed E-state index contributed by atoms with van der Waals surface area (Å²) in [6.45, 7) is 0.643. The third-order valence-corrected chi connectivity index (χ3v) is 2.51. The molecule has 3 N–H and O–H groups in total. The van der Waals surface area contributed by atoms with Crippen LogP contribution in [-0.4, -0.2) is 41.4 Å². The third kappa shape index (κ3) is 1.88. The maximum absolute atomic E-state index is 8.92. The van der Waals surface area contributed by atoms with Crippen molar-refractivity contribution >= 4 is 5.84 Å². The van der Waals surface area contributed by atoms with Crippen molar-refractivity contribution in [2.24, 2.45) is 10.7 Å². The minimum Gasteiger partial charge on any atom is -0.394 e. The highest BCUT2D eigenvalue weighted by Crippen LogP contribution is 2.23. The Morgan fingerprint density at radius 1 is 1.64 bits per heavy atom. The van der Waals surface area contributed by atoms with E-state index in [0.29, 0.717) is 12.5 Å². The van der Waals surface area contributed by atoms with E-state index in [9.17, 15) is 0 Å². The van der Waals surface area contributed by atoms with E-state index in [1.54, 1.807) is 6.08 Å².